The molecule has 1 heteroatoms. The Labute approximate surface area is 61.1 Å². The quantitative estimate of drug-likeness (QED) is 0.515. The van der Waals surface area contributed by atoms with E-state index in [0.29, 0.717) is 6.54 Å². The van der Waals surface area contributed by atoms with Crippen LogP contribution in [0.3, 0.4) is 0 Å². The van der Waals surface area contributed by atoms with Gasteiger partial charge in [-0.3, -0.25) is 0 Å². The molecule has 0 aliphatic rings. The first kappa shape index (κ1) is 6.82. The van der Waals surface area contributed by atoms with Crippen molar-refractivity contribution in [2.24, 2.45) is 0 Å². The average molecular weight is 131 g/mol. The molecule has 1 aromatic rings. The maximum Gasteiger partial charge on any atom is 0.239 e. The van der Waals surface area contributed by atoms with E-state index in [-0.39, 0.29) is 0 Å². The Hall–Kier alpha value is -1.29. The molecule has 0 aliphatic carbocycles. The zero-order chi connectivity index (χ0) is 7.40. The van der Waals surface area contributed by atoms with Gasteiger partial charge in [0.15, 0.2) is 0 Å². The van der Waals surface area contributed by atoms with Crippen LogP contribution >= 0.6 is 0 Å². The van der Waals surface area contributed by atoms with Crippen molar-refractivity contribution in [3.05, 3.63) is 46.8 Å². The normalized spacial score (nSPS) is 8.80. The second-order valence-corrected chi connectivity index (χ2v) is 2.31. The first-order valence-corrected chi connectivity index (χ1v) is 3.21. The van der Waals surface area contributed by atoms with Gasteiger partial charge >= 0.3 is 0 Å². The molecule has 0 heterocycles. The third kappa shape index (κ3) is 1.60. The molecule has 10 heavy (non-hydrogen) atoms. The Morgan fingerprint density at radius 3 is 2.90 bits per heavy atom. The molecule has 1 rings (SSSR count). The van der Waals surface area contributed by atoms with Crippen LogP contribution in [-0.4, -0.2) is 0 Å². The third-order valence-electron chi connectivity index (χ3n) is 1.34. The van der Waals surface area contributed by atoms with Crippen LogP contribution in [0, 0.1) is 13.5 Å². The van der Waals surface area contributed by atoms with E-state index in [1.54, 1.807) is 0 Å². The van der Waals surface area contributed by atoms with Gasteiger partial charge < -0.3 is 4.85 Å². The summed E-state index contributed by atoms with van der Waals surface area (Å²) in [5, 5.41) is 0. The Kier molecular flexibility index (Phi) is 2.07. The molecule has 0 saturated carbocycles. The highest BCUT2D eigenvalue weighted by Crippen LogP contribution is 2.04. The average Bonchev–Trinajstić information content (AvgIpc) is 1.88. The largest absolute Gasteiger partial charge is 0.312 e. The number of benzene rings is 1. The number of nitrogens with zero attached hydrogens (tertiary/aromatic N) is 1. The fraction of sp³-hybridized carbons (Fsp3) is 0.222. The van der Waals surface area contributed by atoms with Crippen LogP contribution < -0.4 is 0 Å². The standard InChI is InChI=1S/C9H9N/c1-8-4-3-5-9(6-8)7-10-2/h3-6H,7H2,1H3. The Morgan fingerprint density at radius 1 is 1.50 bits per heavy atom. The van der Waals surface area contributed by atoms with Gasteiger partial charge in [-0.05, 0) is 13.0 Å². The molecule has 0 spiro atoms. The summed E-state index contributed by atoms with van der Waals surface area (Å²) in [5.74, 6) is 0. The topological polar surface area (TPSA) is 4.36 Å². The first-order chi connectivity index (χ1) is 4.83. The molecule has 0 saturated heterocycles. The van der Waals surface area contributed by atoms with E-state index < -0.39 is 0 Å². The lowest BCUT2D eigenvalue weighted by atomic mass is 10.1. The van der Waals surface area contributed by atoms with E-state index >= 15 is 0 Å². The van der Waals surface area contributed by atoms with Crippen molar-refractivity contribution in [2.75, 3.05) is 0 Å². The van der Waals surface area contributed by atoms with E-state index in [1.165, 1.54) is 5.56 Å². The molecule has 0 aliphatic heterocycles. The van der Waals surface area contributed by atoms with Crippen LogP contribution in [0.25, 0.3) is 4.85 Å². The van der Waals surface area contributed by atoms with Crippen molar-refractivity contribution < 1.29 is 0 Å². The van der Waals surface area contributed by atoms with E-state index in [4.69, 9.17) is 6.57 Å². The zero-order valence-corrected chi connectivity index (χ0v) is 5.96. The molecule has 1 nitrogen and oxygen atoms in total. The minimum atomic E-state index is 0.502. The second-order valence-electron chi connectivity index (χ2n) is 2.31. The van der Waals surface area contributed by atoms with Gasteiger partial charge in [-0.15, -0.1) is 0 Å². The molecule has 0 aromatic heterocycles. The highest BCUT2D eigenvalue weighted by Gasteiger charge is 1.92. The minimum Gasteiger partial charge on any atom is -0.312 e. The fourth-order valence-electron chi connectivity index (χ4n) is 0.902. The number of rotatable bonds is 1. The van der Waals surface area contributed by atoms with Crippen LogP contribution in [0.2, 0.25) is 0 Å². The van der Waals surface area contributed by atoms with Crippen molar-refractivity contribution in [3.8, 4) is 0 Å². The van der Waals surface area contributed by atoms with Gasteiger partial charge in [0.05, 0.1) is 0 Å². The van der Waals surface area contributed by atoms with Crippen molar-refractivity contribution >= 4 is 0 Å². The highest BCUT2D eigenvalue weighted by atomic mass is 14.6. The van der Waals surface area contributed by atoms with Gasteiger partial charge in [0.2, 0.25) is 6.54 Å². The van der Waals surface area contributed by atoms with Crippen LogP contribution in [-0.2, 0) is 6.54 Å². The lowest BCUT2D eigenvalue weighted by Crippen LogP contribution is -1.78. The SMILES string of the molecule is [C-]#[N+]Cc1cccc(C)c1. The van der Waals surface area contributed by atoms with Crippen LogP contribution in [0.4, 0.5) is 0 Å². The lowest BCUT2D eigenvalue weighted by molar-refractivity contribution is 1.24. The summed E-state index contributed by atoms with van der Waals surface area (Å²) in [6.07, 6.45) is 0. The molecule has 0 unspecified atom stereocenters. The van der Waals surface area contributed by atoms with Gasteiger partial charge in [0.1, 0.15) is 0 Å². The second kappa shape index (κ2) is 3.03. The van der Waals surface area contributed by atoms with Gasteiger partial charge in [-0.25, -0.2) is 6.57 Å². The minimum absolute atomic E-state index is 0.502. The molecule has 0 bridgehead atoms. The summed E-state index contributed by atoms with van der Waals surface area (Å²) in [5.41, 5.74) is 2.33. The van der Waals surface area contributed by atoms with E-state index in [1.807, 2.05) is 31.2 Å². The molecular weight excluding hydrogens is 122 g/mol. The third-order valence-corrected chi connectivity index (χ3v) is 1.34. The van der Waals surface area contributed by atoms with Crippen molar-refractivity contribution in [1.29, 1.82) is 0 Å². The molecule has 0 amide bonds. The summed E-state index contributed by atoms with van der Waals surface area (Å²) in [6, 6.07) is 8.03. The Bertz CT molecular complexity index is 258. The number of hydrogen-bond acceptors (Lipinski definition) is 0. The predicted octanol–water partition coefficient (Wildman–Crippen LogP) is 2.41. The molecule has 0 fully saturated rings. The first-order valence-electron chi connectivity index (χ1n) is 3.21. The molecule has 0 radical (unpaired) electrons. The summed E-state index contributed by atoms with van der Waals surface area (Å²) < 4.78 is 0. The smallest absolute Gasteiger partial charge is 0.239 e. The van der Waals surface area contributed by atoms with Gasteiger partial charge in [0.25, 0.3) is 0 Å². The zero-order valence-electron chi connectivity index (χ0n) is 5.96. The van der Waals surface area contributed by atoms with Crippen molar-refractivity contribution in [1.82, 2.24) is 0 Å². The van der Waals surface area contributed by atoms with Crippen molar-refractivity contribution in [3.63, 3.8) is 0 Å². The predicted molar refractivity (Wildman–Crippen MR) is 41.5 cm³/mol. The number of hydrogen-bond donors (Lipinski definition) is 0. The maximum atomic E-state index is 6.64. The Morgan fingerprint density at radius 2 is 2.30 bits per heavy atom. The fourth-order valence-corrected chi connectivity index (χ4v) is 0.902. The molecule has 0 atom stereocenters. The van der Waals surface area contributed by atoms with Crippen LogP contribution in [0.5, 0.6) is 0 Å². The summed E-state index contributed by atoms with van der Waals surface area (Å²) in [7, 11) is 0. The highest BCUT2D eigenvalue weighted by molar-refractivity contribution is 5.22. The number of aryl methyl sites for hydroxylation is 1. The molecule has 50 valence electrons. The van der Waals surface area contributed by atoms with Crippen LogP contribution in [0.15, 0.2) is 24.3 Å². The van der Waals surface area contributed by atoms with E-state index in [0.717, 1.165) is 5.56 Å². The molecule has 0 N–H and O–H groups in total. The lowest BCUT2D eigenvalue weighted by Gasteiger charge is -1.92. The summed E-state index contributed by atoms with van der Waals surface area (Å²) in [6.45, 7) is 9.17. The van der Waals surface area contributed by atoms with Crippen molar-refractivity contribution in [2.45, 2.75) is 13.5 Å². The molecular formula is C9H9N. The maximum absolute atomic E-state index is 6.64. The summed E-state index contributed by atoms with van der Waals surface area (Å²) >= 11 is 0. The van der Waals surface area contributed by atoms with Gasteiger partial charge in [-0.2, -0.15) is 0 Å². The summed E-state index contributed by atoms with van der Waals surface area (Å²) in [4.78, 5) is 3.30. The van der Waals surface area contributed by atoms with E-state index in [9.17, 15) is 0 Å². The molecule has 1 aromatic carbocycles. The van der Waals surface area contributed by atoms with Crippen LogP contribution in [0.1, 0.15) is 11.1 Å². The van der Waals surface area contributed by atoms with E-state index in [2.05, 4.69) is 4.85 Å². The monoisotopic (exact) mass is 131 g/mol. The van der Waals surface area contributed by atoms with Gasteiger partial charge in [-0.1, -0.05) is 23.8 Å². The Balaban J connectivity index is 2.87. The van der Waals surface area contributed by atoms with Gasteiger partial charge in [0, 0.05) is 5.56 Å².